The van der Waals surface area contributed by atoms with Crippen LogP contribution < -0.4 is 14.7 Å². The highest BCUT2D eigenvalue weighted by atomic mass is 35.5. The first-order valence-electron chi connectivity index (χ1n) is 13.0. The number of likely N-dealkylation sites (N-methyl/N-ethyl adjacent to an activating group) is 1. The summed E-state index contributed by atoms with van der Waals surface area (Å²) in [6.45, 7) is 4.95. The van der Waals surface area contributed by atoms with Crippen LogP contribution in [0.25, 0.3) is 10.9 Å². The van der Waals surface area contributed by atoms with Gasteiger partial charge in [-0.15, -0.1) is 0 Å². The molecular formula is C28H34ClN5O. The summed E-state index contributed by atoms with van der Waals surface area (Å²) in [6, 6.07) is 13.1. The number of hydrogen-bond donors (Lipinski definition) is 1. The molecule has 0 bridgehead atoms. The molecule has 184 valence electrons. The van der Waals surface area contributed by atoms with E-state index < -0.39 is 0 Å². The average molecular weight is 492 g/mol. The maximum Gasteiger partial charge on any atom is 0.140 e. The van der Waals surface area contributed by atoms with E-state index in [2.05, 4.69) is 40.1 Å². The number of hydrogen-bond acceptors (Lipinski definition) is 6. The Morgan fingerprint density at radius 2 is 1.74 bits per heavy atom. The molecule has 1 aliphatic carbocycles. The van der Waals surface area contributed by atoms with Crippen LogP contribution in [0.15, 0.2) is 36.4 Å². The van der Waals surface area contributed by atoms with Crippen molar-refractivity contribution in [1.82, 2.24) is 9.97 Å². The molecule has 2 aromatic carbocycles. The zero-order valence-electron chi connectivity index (χ0n) is 20.5. The lowest BCUT2D eigenvalue weighted by Crippen LogP contribution is -2.39. The van der Waals surface area contributed by atoms with Crippen molar-refractivity contribution >= 4 is 39.7 Å². The van der Waals surface area contributed by atoms with Gasteiger partial charge in [0.25, 0.3) is 0 Å². The maximum atomic E-state index is 9.44. The number of para-hydroxylation sites is 1. The Bertz CT molecular complexity index is 1220. The van der Waals surface area contributed by atoms with Crippen molar-refractivity contribution in [3.8, 4) is 0 Å². The highest BCUT2D eigenvalue weighted by Gasteiger charge is 2.31. The number of aromatic nitrogens is 2. The van der Waals surface area contributed by atoms with Gasteiger partial charge in [0.1, 0.15) is 11.6 Å². The molecule has 7 heteroatoms. The van der Waals surface area contributed by atoms with E-state index >= 15 is 0 Å². The van der Waals surface area contributed by atoms with Crippen LogP contribution in [0.4, 0.5) is 17.2 Å². The van der Waals surface area contributed by atoms with Gasteiger partial charge in [-0.05, 0) is 61.8 Å². The molecule has 0 atom stereocenters. The predicted molar refractivity (Wildman–Crippen MR) is 144 cm³/mol. The molecule has 1 N–H and O–H groups in total. The monoisotopic (exact) mass is 491 g/mol. The van der Waals surface area contributed by atoms with Gasteiger partial charge in [-0.2, -0.15) is 0 Å². The predicted octanol–water partition coefficient (Wildman–Crippen LogP) is 5.18. The molecular weight excluding hydrogens is 458 g/mol. The van der Waals surface area contributed by atoms with E-state index in [-0.39, 0.29) is 6.61 Å². The maximum absolute atomic E-state index is 9.44. The molecule has 0 unspecified atom stereocenters. The molecule has 3 fully saturated rings. The van der Waals surface area contributed by atoms with E-state index in [4.69, 9.17) is 21.6 Å². The molecule has 2 aliphatic heterocycles. The SMILES string of the molecule is CN(CCO)c1cc2c(N3CCC(c4ccccc4N4CCC4)CC3)nc(C3CC3)nc2cc1Cl. The van der Waals surface area contributed by atoms with Crippen LogP contribution in [0, 0.1) is 0 Å². The molecule has 6 rings (SSSR count). The van der Waals surface area contributed by atoms with Crippen molar-refractivity contribution in [1.29, 1.82) is 0 Å². The van der Waals surface area contributed by atoms with E-state index in [0.29, 0.717) is 23.4 Å². The zero-order chi connectivity index (χ0) is 23.9. The van der Waals surface area contributed by atoms with Gasteiger partial charge in [0.2, 0.25) is 0 Å². The second kappa shape index (κ2) is 9.47. The van der Waals surface area contributed by atoms with Crippen molar-refractivity contribution < 1.29 is 5.11 Å². The van der Waals surface area contributed by atoms with Gasteiger partial charge in [-0.3, -0.25) is 0 Å². The fourth-order valence-corrected chi connectivity index (χ4v) is 5.85. The van der Waals surface area contributed by atoms with E-state index in [1.165, 1.54) is 43.6 Å². The molecule has 1 saturated carbocycles. The minimum atomic E-state index is 0.0846. The van der Waals surface area contributed by atoms with Gasteiger partial charge in [-0.1, -0.05) is 29.8 Å². The summed E-state index contributed by atoms with van der Waals surface area (Å²) in [5, 5.41) is 11.2. The molecule has 35 heavy (non-hydrogen) atoms. The number of aliphatic hydroxyl groups excluding tert-OH is 1. The van der Waals surface area contributed by atoms with Crippen molar-refractivity contribution in [2.45, 2.75) is 43.9 Å². The lowest BCUT2D eigenvalue weighted by molar-refractivity contribution is 0.304. The topological polar surface area (TPSA) is 55.7 Å². The summed E-state index contributed by atoms with van der Waals surface area (Å²) < 4.78 is 0. The molecule has 2 saturated heterocycles. The fraction of sp³-hybridized carbons (Fsp3) is 0.500. The Balaban J connectivity index is 1.31. The Labute approximate surface area is 212 Å². The Kier molecular flexibility index (Phi) is 6.19. The first kappa shape index (κ1) is 22.9. The average Bonchev–Trinajstić information content (AvgIpc) is 3.68. The van der Waals surface area contributed by atoms with Gasteiger partial charge >= 0.3 is 0 Å². The Hall–Kier alpha value is -2.57. The molecule has 3 heterocycles. The number of rotatable bonds is 7. The normalized spacial score (nSPS) is 18.7. The van der Waals surface area contributed by atoms with Gasteiger partial charge in [0, 0.05) is 56.8 Å². The summed E-state index contributed by atoms with van der Waals surface area (Å²) in [4.78, 5) is 17.0. The van der Waals surface area contributed by atoms with E-state index in [1.54, 1.807) is 0 Å². The summed E-state index contributed by atoms with van der Waals surface area (Å²) in [5.41, 5.74) is 4.79. The fourth-order valence-electron chi connectivity index (χ4n) is 5.55. The van der Waals surface area contributed by atoms with Gasteiger partial charge in [0.05, 0.1) is 22.8 Å². The molecule has 1 aromatic heterocycles. The number of benzene rings is 2. The second-order valence-corrected chi connectivity index (χ2v) is 10.7. The lowest BCUT2D eigenvalue weighted by atomic mass is 9.87. The number of nitrogens with zero attached hydrogens (tertiary/aromatic N) is 5. The van der Waals surface area contributed by atoms with E-state index in [0.717, 1.165) is 54.2 Å². The van der Waals surface area contributed by atoms with E-state index in [1.807, 2.05) is 18.0 Å². The smallest absolute Gasteiger partial charge is 0.140 e. The molecule has 0 amide bonds. The number of piperidine rings is 1. The Morgan fingerprint density at radius 3 is 2.43 bits per heavy atom. The standard InChI is InChI=1S/C28H34ClN5O/c1-32(15-16-35)26-17-22-24(18-23(26)29)30-27(20-7-8-20)31-28(22)34-13-9-19(10-14-34)21-5-2-3-6-25(21)33-11-4-12-33/h2-3,5-6,17-20,35H,4,7-16H2,1H3. The minimum Gasteiger partial charge on any atom is -0.395 e. The number of aliphatic hydroxyl groups is 1. The van der Waals surface area contributed by atoms with Crippen molar-refractivity contribution in [3.05, 3.63) is 52.8 Å². The highest BCUT2D eigenvalue weighted by molar-refractivity contribution is 6.34. The summed E-state index contributed by atoms with van der Waals surface area (Å²) in [7, 11) is 1.96. The quantitative estimate of drug-likeness (QED) is 0.491. The van der Waals surface area contributed by atoms with Crippen molar-refractivity contribution in [3.63, 3.8) is 0 Å². The third-order valence-electron chi connectivity index (χ3n) is 7.92. The third-order valence-corrected chi connectivity index (χ3v) is 8.22. The third kappa shape index (κ3) is 4.43. The highest BCUT2D eigenvalue weighted by Crippen LogP contribution is 2.43. The molecule has 0 spiro atoms. The minimum absolute atomic E-state index is 0.0846. The second-order valence-electron chi connectivity index (χ2n) is 10.3. The molecule has 6 nitrogen and oxygen atoms in total. The van der Waals surface area contributed by atoms with Gasteiger partial charge in [-0.25, -0.2) is 9.97 Å². The van der Waals surface area contributed by atoms with Crippen LogP contribution in [0.3, 0.4) is 0 Å². The van der Waals surface area contributed by atoms with Crippen LogP contribution in [0.1, 0.15) is 55.3 Å². The van der Waals surface area contributed by atoms with Crippen LogP contribution >= 0.6 is 11.6 Å². The molecule has 3 aliphatic rings. The van der Waals surface area contributed by atoms with E-state index in [9.17, 15) is 5.11 Å². The number of halogens is 1. The summed E-state index contributed by atoms with van der Waals surface area (Å²) in [5.74, 6) is 3.07. The van der Waals surface area contributed by atoms with Crippen LogP contribution in [-0.4, -0.2) is 61.5 Å². The number of anilines is 3. The zero-order valence-corrected chi connectivity index (χ0v) is 21.2. The molecule has 0 radical (unpaired) electrons. The first-order chi connectivity index (χ1) is 17.1. The van der Waals surface area contributed by atoms with Crippen LogP contribution in [-0.2, 0) is 0 Å². The van der Waals surface area contributed by atoms with Crippen molar-refractivity contribution in [2.24, 2.45) is 0 Å². The molecule has 3 aromatic rings. The first-order valence-corrected chi connectivity index (χ1v) is 13.4. The summed E-state index contributed by atoms with van der Waals surface area (Å²) in [6.07, 6.45) is 5.90. The van der Waals surface area contributed by atoms with Gasteiger partial charge < -0.3 is 19.8 Å². The van der Waals surface area contributed by atoms with Crippen LogP contribution in [0.2, 0.25) is 5.02 Å². The van der Waals surface area contributed by atoms with Crippen molar-refractivity contribution in [2.75, 3.05) is 61.1 Å². The number of fused-ring (bicyclic) bond motifs is 1. The lowest BCUT2D eigenvalue weighted by Gasteiger charge is -2.39. The van der Waals surface area contributed by atoms with Crippen LogP contribution in [0.5, 0.6) is 0 Å². The Morgan fingerprint density at radius 1 is 0.971 bits per heavy atom. The largest absolute Gasteiger partial charge is 0.395 e. The van der Waals surface area contributed by atoms with Gasteiger partial charge in [0.15, 0.2) is 0 Å². The summed E-state index contributed by atoms with van der Waals surface area (Å²) >= 11 is 6.66.